The summed E-state index contributed by atoms with van der Waals surface area (Å²) in [7, 11) is -5.80. The number of ether oxygens (including phenoxy) is 3. The van der Waals surface area contributed by atoms with Crippen molar-refractivity contribution in [3.8, 4) is 5.19 Å². The number of hydrogen-bond acceptors (Lipinski definition) is 10. The van der Waals surface area contributed by atoms with Gasteiger partial charge in [-0.2, -0.15) is 26.6 Å². The molecule has 1 aromatic heterocycles. The second-order valence-corrected chi connectivity index (χ2v) is 8.72. The molecule has 0 amide bonds. The van der Waals surface area contributed by atoms with Crippen LogP contribution in [0.15, 0.2) is 17.2 Å². The maximum Gasteiger partial charge on any atom is 0.534 e. The van der Waals surface area contributed by atoms with E-state index in [-0.39, 0.29) is 50.0 Å². The number of alkyl halides is 3. The van der Waals surface area contributed by atoms with Crippen LogP contribution in [-0.2, 0) is 28.6 Å². The van der Waals surface area contributed by atoms with Crippen LogP contribution in [0, 0.1) is 5.41 Å². The lowest BCUT2D eigenvalue weighted by Crippen LogP contribution is -2.40. The van der Waals surface area contributed by atoms with E-state index < -0.39 is 38.7 Å². The van der Waals surface area contributed by atoms with Crippen molar-refractivity contribution in [2.45, 2.75) is 38.6 Å². The van der Waals surface area contributed by atoms with Crippen LogP contribution < -0.4 is 4.74 Å². The number of hydrogen-bond donors (Lipinski definition) is 0. The van der Waals surface area contributed by atoms with Crippen LogP contribution in [0.4, 0.5) is 13.2 Å². The van der Waals surface area contributed by atoms with Gasteiger partial charge in [-0.25, -0.2) is 4.79 Å². The van der Waals surface area contributed by atoms with E-state index in [0.29, 0.717) is 0 Å². The molecule has 174 valence electrons. The minimum absolute atomic E-state index is 0.0311. The van der Waals surface area contributed by atoms with Crippen molar-refractivity contribution in [1.29, 1.82) is 0 Å². The molecule has 0 saturated carbocycles. The standard InChI is InChI=1S/C17H20F3NO8S2/c1-3-26-13(22)12-9-30-15(21-12)28-10-16(14(23)27-4-2)7-5-11(6-8-16)29-31(24,25)17(18,19)20/h5,9H,3-4,6-8,10H2,1-2H3. The molecule has 0 aliphatic heterocycles. The number of rotatable bonds is 9. The fraction of sp³-hybridized carbons (Fsp3) is 0.588. The fourth-order valence-corrected chi connectivity index (χ4v) is 3.79. The van der Waals surface area contributed by atoms with Gasteiger partial charge in [0.2, 0.25) is 0 Å². The first-order valence-corrected chi connectivity index (χ1v) is 11.4. The number of carbonyl (C=O) groups is 2. The Balaban J connectivity index is 2.14. The Hall–Kier alpha value is -2.35. The molecule has 0 bridgehead atoms. The molecular formula is C17H20F3NO8S2. The lowest BCUT2D eigenvalue weighted by molar-refractivity contribution is -0.158. The summed E-state index contributed by atoms with van der Waals surface area (Å²) in [5.74, 6) is -1.72. The highest BCUT2D eigenvalue weighted by Gasteiger charge is 2.50. The maximum absolute atomic E-state index is 12.5. The van der Waals surface area contributed by atoms with Gasteiger partial charge < -0.3 is 18.4 Å². The van der Waals surface area contributed by atoms with Crippen LogP contribution in [0.1, 0.15) is 43.6 Å². The first-order valence-electron chi connectivity index (χ1n) is 9.06. The van der Waals surface area contributed by atoms with Crippen LogP contribution in [0.3, 0.4) is 0 Å². The zero-order valence-corrected chi connectivity index (χ0v) is 18.2. The molecule has 9 nitrogen and oxygen atoms in total. The Morgan fingerprint density at radius 3 is 2.45 bits per heavy atom. The third-order valence-electron chi connectivity index (χ3n) is 4.22. The van der Waals surface area contributed by atoms with E-state index in [9.17, 15) is 31.2 Å². The Morgan fingerprint density at radius 1 is 1.23 bits per heavy atom. The molecule has 0 aromatic carbocycles. The summed E-state index contributed by atoms with van der Waals surface area (Å²) in [5, 5.41) is 1.50. The molecule has 0 N–H and O–H groups in total. The third-order valence-corrected chi connectivity index (χ3v) is 5.97. The summed E-state index contributed by atoms with van der Waals surface area (Å²) in [6, 6.07) is 0. The number of thiazole rings is 1. The number of carbonyl (C=O) groups excluding carboxylic acids is 2. The molecule has 0 radical (unpaired) electrons. The molecule has 1 aliphatic carbocycles. The predicted molar refractivity (Wildman–Crippen MR) is 101 cm³/mol. The van der Waals surface area contributed by atoms with Crippen LogP contribution >= 0.6 is 11.3 Å². The van der Waals surface area contributed by atoms with Gasteiger partial charge in [0.25, 0.3) is 5.19 Å². The largest absolute Gasteiger partial charge is 0.534 e. The van der Waals surface area contributed by atoms with E-state index in [1.54, 1.807) is 13.8 Å². The van der Waals surface area contributed by atoms with E-state index in [1.165, 1.54) is 5.38 Å². The number of aromatic nitrogens is 1. The van der Waals surface area contributed by atoms with Crippen LogP contribution in [0.2, 0.25) is 0 Å². The van der Waals surface area contributed by atoms with Gasteiger partial charge in [0.1, 0.15) is 17.8 Å². The molecule has 0 spiro atoms. The first-order chi connectivity index (χ1) is 14.4. The molecule has 14 heteroatoms. The summed E-state index contributed by atoms with van der Waals surface area (Å²) in [6.07, 6.45) is 0.578. The average molecular weight is 487 g/mol. The lowest BCUT2D eigenvalue weighted by atomic mass is 9.77. The summed E-state index contributed by atoms with van der Waals surface area (Å²) in [4.78, 5) is 28.2. The van der Waals surface area contributed by atoms with Crippen molar-refractivity contribution < 1.29 is 49.6 Å². The van der Waals surface area contributed by atoms with E-state index in [0.717, 1.165) is 17.4 Å². The molecular weight excluding hydrogens is 467 g/mol. The molecule has 1 unspecified atom stereocenters. The topological polar surface area (TPSA) is 118 Å². The van der Waals surface area contributed by atoms with Gasteiger partial charge in [-0.3, -0.25) is 4.79 Å². The smallest absolute Gasteiger partial charge is 0.469 e. The van der Waals surface area contributed by atoms with Gasteiger partial charge >= 0.3 is 27.6 Å². The molecule has 1 aliphatic rings. The van der Waals surface area contributed by atoms with Crippen molar-refractivity contribution in [3.05, 3.63) is 22.9 Å². The monoisotopic (exact) mass is 487 g/mol. The summed E-state index contributed by atoms with van der Waals surface area (Å²) in [5.41, 5.74) is -6.82. The van der Waals surface area contributed by atoms with Crippen molar-refractivity contribution >= 4 is 33.4 Å². The molecule has 0 fully saturated rings. The van der Waals surface area contributed by atoms with Crippen LogP contribution in [0.5, 0.6) is 5.19 Å². The molecule has 0 saturated heterocycles. The Morgan fingerprint density at radius 2 is 1.90 bits per heavy atom. The number of allylic oxidation sites excluding steroid dienone is 2. The highest BCUT2D eigenvalue weighted by molar-refractivity contribution is 7.87. The van der Waals surface area contributed by atoms with Gasteiger partial charge in [0.15, 0.2) is 5.69 Å². The Labute approximate surface area is 180 Å². The van der Waals surface area contributed by atoms with Gasteiger partial charge in [-0.15, -0.1) is 0 Å². The number of esters is 2. The Bertz CT molecular complexity index is 941. The zero-order valence-electron chi connectivity index (χ0n) is 16.6. The predicted octanol–water partition coefficient (Wildman–Crippen LogP) is 3.18. The van der Waals surface area contributed by atoms with Crippen molar-refractivity contribution in [2.24, 2.45) is 5.41 Å². The van der Waals surface area contributed by atoms with E-state index in [1.807, 2.05) is 0 Å². The minimum Gasteiger partial charge on any atom is -0.469 e. The van der Waals surface area contributed by atoms with Crippen molar-refractivity contribution in [2.75, 3.05) is 19.8 Å². The van der Waals surface area contributed by atoms with Crippen molar-refractivity contribution in [3.63, 3.8) is 0 Å². The molecule has 2 rings (SSSR count). The zero-order chi connectivity index (χ0) is 23.3. The minimum atomic E-state index is -5.80. The number of halogens is 3. The Kier molecular flexibility index (Phi) is 7.92. The maximum atomic E-state index is 12.5. The molecule has 1 aromatic rings. The van der Waals surface area contributed by atoms with Gasteiger partial charge in [-0.1, -0.05) is 11.3 Å². The fourth-order valence-electron chi connectivity index (χ4n) is 2.62. The van der Waals surface area contributed by atoms with Gasteiger partial charge in [-0.05, 0) is 32.8 Å². The quantitative estimate of drug-likeness (QED) is 0.294. The average Bonchev–Trinajstić information content (AvgIpc) is 3.16. The van der Waals surface area contributed by atoms with Gasteiger partial charge in [0, 0.05) is 11.8 Å². The van der Waals surface area contributed by atoms with Crippen molar-refractivity contribution in [1.82, 2.24) is 4.98 Å². The molecule has 31 heavy (non-hydrogen) atoms. The van der Waals surface area contributed by atoms with Crippen LogP contribution in [-0.4, -0.2) is 50.7 Å². The third kappa shape index (κ3) is 6.09. The van der Waals surface area contributed by atoms with E-state index in [2.05, 4.69) is 9.17 Å². The summed E-state index contributed by atoms with van der Waals surface area (Å²) >= 11 is 0.997. The highest BCUT2D eigenvalue weighted by Crippen LogP contribution is 2.39. The van der Waals surface area contributed by atoms with Crippen LogP contribution in [0.25, 0.3) is 0 Å². The first kappa shape index (κ1) is 24.9. The summed E-state index contributed by atoms with van der Waals surface area (Å²) in [6.45, 7) is 3.19. The SMILES string of the molecule is CCOC(=O)c1csc(OCC2(C(=O)OCC)CC=C(OS(=O)(=O)C(F)(F)F)CC2)n1. The number of nitrogens with zero attached hydrogens (tertiary/aromatic N) is 1. The molecule has 1 atom stereocenters. The van der Waals surface area contributed by atoms with E-state index in [4.69, 9.17) is 14.2 Å². The summed E-state index contributed by atoms with van der Waals surface area (Å²) < 4.78 is 79.5. The second-order valence-electron chi connectivity index (χ2n) is 6.37. The highest BCUT2D eigenvalue weighted by atomic mass is 32.2. The normalized spacial score (nSPS) is 19.3. The van der Waals surface area contributed by atoms with Gasteiger partial charge in [0.05, 0.1) is 13.2 Å². The molecule has 1 heterocycles. The lowest BCUT2D eigenvalue weighted by Gasteiger charge is -2.33. The van der Waals surface area contributed by atoms with E-state index >= 15 is 0 Å². The second kappa shape index (κ2) is 9.85.